The van der Waals surface area contributed by atoms with Gasteiger partial charge in [0, 0.05) is 35.2 Å². The lowest BCUT2D eigenvalue weighted by molar-refractivity contribution is 0.469. The minimum absolute atomic E-state index is 0.259. The molecule has 0 radical (unpaired) electrons. The van der Waals surface area contributed by atoms with Crippen LogP contribution >= 0.6 is 15.9 Å². The number of hydrogen-bond donors (Lipinski definition) is 2. The number of nitrogens with one attached hydrogen (secondary N) is 1. The lowest BCUT2D eigenvalue weighted by Crippen LogP contribution is -2.06. The number of aromatic hydroxyl groups is 1. The second-order valence-corrected chi connectivity index (χ2v) is 5.37. The van der Waals surface area contributed by atoms with Gasteiger partial charge in [0.05, 0.1) is 5.69 Å². The molecule has 0 aliphatic carbocycles. The van der Waals surface area contributed by atoms with Gasteiger partial charge < -0.3 is 10.4 Å². The van der Waals surface area contributed by atoms with Crippen LogP contribution in [0.15, 0.2) is 59.5 Å². The largest absolute Gasteiger partial charge is 0.508 e. The van der Waals surface area contributed by atoms with Gasteiger partial charge in [0.2, 0.25) is 0 Å². The highest BCUT2D eigenvalue weighted by molar-refractivity contribution is 9.10. The second kappa shape index (κ2) is 5.97. The smallest absolute Gasteiger partial charge is 0.176 e. The third kappa shape index (κ3) is 3.05. The predicted molar refractivity (Wildman–Crippen MR) is 84.5 cm³/mol. The first kappa shape index (κ1) is 13.6. The highest BCUT2D eigenvalue weighted by Crippen LogP contribution is 2.24. The molecule has 0 aliphatic rings. The van der Waals surface area contributed by atoms with Gasteiger partial charge in [0.25, 0.3) is 0 Å². The van der Waals surface area contributed by atoms with E-state index in [1.54, 1.807) is 29.2 Å². The standard InChI is InChI=1S/C15H13BrN4O/c16-12-4-5-14(21)11(9-12)10-18-13-3-1-6-17-15(13)20-8-2-7-19-20/h1-9,18,21H,10H2. The zero-order valence-electron chi connectivity index (χ0n) is 11.1. The van der Waals surface area contributed by atoms with E-state index in [4.69, 9.17) is 0 Å². The Bertz CT molecular complexity index is 743. The molecule has 0 bridgehead atoms. The van der Waals surface area contributed by atoms with Gasteiger partial charge in [-0.3, -0.25) is 0 Å². The van der Waals surface area contributed by atoms with Crippen molar-refractivity contribution in [1.82, 2.24) is 14.8 Å². The molecule has 0 atom stereocenters. The number of halogens is 1. The Labute approximate surface area is 130 Å². The molecule has 5 nitrogen and oxygen atoms in total. The minimum atomic E-state index is 0.259. The number of pyridine rings is 1. The number of anilines is 1. The molecule has 2 N–H and O–H groups in total. The van der Waals surface area contributed by atoms with Gasteiger partial charge in [-0.2, -0.15) is 5.10 Å². The number of hydrogen-bond acceptors (Lipinski definition) is 4. The summed E-state index contributed by atoms with van der Waals surface area (Å²) in [5, 5.41) is 17.3. The lowest BCUT2D eigenvalue weighted by atomic mass is 10.2. The zero-order chi connectivity index (χ0) is 14.7. The van der Waals surface area contributed by atoms with E-state index in [1.807, 2.05) is 30.5 Å². The molecule has 0 aliphatic heterocycles. The first-order chi connectivity index (χ1) is 10.2. The summed E-state index contributed by atoms with van der Waals surface area (Å²) in [5.41, 5.74) is 1.65. The van der Waals surface area contributed by atoms with Crippen molar-refractivity contribution in [3.63, 3.8) is 0 Å². The Balaban J connectivity index is 1.84. The van der Waals surface area contributed by atoms with Gasteiger partial charge in [0.1, 0.15) is 5.75 Å². The summed E-state index contributed by atoms with van der Waals surface area (Å²) in [5.74, 6) is 0.979. The van der Waals surface area contributed by atoms with Gasteiger partial charge >= 0.3 is 0 Å². The normalized spacial score (nSPS) is 10.5. The first-order valence-corrected chi connectivity index (χ1v) is 7.19. The van der Waals surface area contributed by atoms with E-state index in [2.05, 4.69) is 31.3 Å². The summed E-state index contributed by atoms with van der Waals surface area (Å²) < 4.78 is 2.62. The number of phenols is 1. The van der Waals surface area contributed by atoms with Crippen LogP contribution in [0.3, 0.4) is 0 Å². The van der Waals surface area contributed by atoms with Crippen LogP contribution in [0.4, 0.5) is 5.69 Å². The third-order valence-electron chi connectivity index (χ3n) is 3.02. The van der Waals surface area contributed by atoms with E-state index in [1.165, 1.54) is 0 Å². The average molecular weight is 345 g/mol. The summed E-state index contributed by atoms with van der Waals surface area (Å²) in [6.45, 7) is 0.491. The fraction of sp³-hybridized carbons (Fsp3) is 0.0667. The van der Waals surface area contributed by atoms with Gasteiger partial charge in [-0.05, 0) is 36.4 Å². The maximum atomic E-state index is 9.87. The monoisotopic (exact) mass is 344 g/mol. The van der Waals surface area contributed by atoms with E-state index >= 15 is 0 Å². The molecule has 0 saturated carbocycles. The van der Waals surface area contributed by atoms with Crippen LogP contribution in [0.5, 0.6) is 5.75 Å². The maximum Gasteiger partial charge on any atom is 0.176 e. The molecule has 0 saturated heterocycles. The van der Waals surface area contributed by atoms with Crippen LogP contribution in [0, 0.1) is 0 Å². The lowest BCUT2D eigenvalue weighted by Gasteiger charge is -2.12. The van der Waals surface area contributed by atoms with Gasteiger partial charge in [0.15, 0.2) is 5.82 Å². The van der Waals surface area contributed by atoms with Crippen LogP contribution in [-0.4, -0.2) is 19.9 Å². The van der Waals surface area contributed by atoms with Gasteiger partial charge in [-0.1, -0.05) is 15.9 Å². The number of nitrogens with zero attached hydrogens (tertiary/aromatic N) is 3. The Hall–Kier alpha value is -2.34. The minimum Gasteiger partial charge on any atom is -0.508 e. The second-order valence-electron chi connectivity index (χ2n) is 4.45. The van der Waals surface area contributed by atoms with Crippen LogP contribution in [0.2, 0.25) is 0 Å². The van der Waals surface area contributed by atoms with Crippen molar-refractivity contribution in [2.45, 2.75) is 6.54 Å². The van der Waals surface area contributed by atoms with Crippen LogP contribution < -0.4 is 5.32 Å². The van der Waals surface area contributed by atoms with E-state index in [9.17, 15) is 5.11 Å². The summed E-state index contributed by atoms with van der Waals surface area (Å²) in [4.78, 5) is 4.34. The summed E-state index contributed by atoms with van der Waals surface area (Å²) >= 11 is 3.40. The van der Waals surface area contributed by atoms with Crippen molar-refractivity contribution >= 4 is 21.6 Å². The zero-order valence-corrected chi connectivity index (χ0v) is 12.7. The molecular weight excluding hydrogens is 332 g/mol. The molecule has 0 fully saturated rings. The van der Waals surface area contributed by atoms with Crippen molar-refractivity contribution in [2.75, 3.05) is 5.32 Å². The molecule has 0 amide bonds. The van der Waals surface area contributed by atoms with E-state index in [0.717, 1.165) is 21.5 Å². The number of aromatic nitrogens is 3. The Morgan fingerprint density at radius 3 is 2.90 bits per heavy atom. The van der Waals surface area contributed by atoms with Crippen molar-refractivity contribution < 1.29 is 5.11 Å². The summed E-state index contributed by atoms with van der Waals surface area (Å²) in [6.07, 6.45) is 5.27. The van der Waals surface area contributed by atoms with Crippen molar-refractivity contribution in [3.05, 3.63) is 65.0 Å². The average Bonchev–Trinajstić information content (AvgIpc) is 3.03. The summed E-state index contributed by atoms with van der Waals surface area (Å²) in [7, 11) is 0. The molecule has 106 valence electrons. The molecule has 6 heteroatoms. The number of benzene rings is 1. The third-order valence-corrected chi connectivity index (χ3v) is 3.51. The molecule has 0 spiro atoms. The van der Waals surface area contributed by atoms with Gasteiger partial charge in [-0.25, -0.2) is 9.67 Å². The van der Waals surface area contributed by atoms with E-state index in [-0.39, 0.29) is 5.75 Å². The SMILES string of the molecule is Oc1ccc(Br)cc1CNc1cccnc1-n1cccn1. The quantitative estimate of drug-likeness (QED) is 0.761. The fourth-order valence-electron chi connectivity index (χ4n) is 2.00. The Kier molecular flexibility index (Phi) is 3.87. The fourth-order valence-corrected chi connectivity index (χ4v) is 2.41. The maximum absolute atomic E-state index is 9.87. The molecule has 3 aromatic rings. The van der Waals surface area contributed by atoms with E-state index in [0.29, 0.717) is 6.54 Å². The number of rotatable bonds is 4. The topological polar surface area (TPSA) is 63.0 Å². The first-order valence-electron chi connectivity index (χ1n) is 6.40. The molecule has 2 aromatic heterocycles. The molecule has 3 rings (SSSR count). The molecule has 0 unspecified atom stereocenters. The highest BCUT2D eigenvalue weighted by atomic mass is 79.9. The molecule has 21 heavy (non-hydrogen) atoms. The Morgan fingerprint density at radius 2 is 2.10 bits per heavy atom. The number of phenolic OH excluding ortho intramolecular Hbond substituents is 1. The van der Waals surface area contributed by atoms with Crippen molar-refractivity contribution in [1.29, 1.82) is 0 Å². The molecule has 2 heterocycles. The van der Waals surface area contributed by atoms with Crippen LogP contribution in [-0.2, 0) is 6.54 Å². The summed E-state index contributed by atoms with van der Waals surface area (Å²) in [6, 6.07) is 11.0. The van der Waals surface area contributed by atoms with Crippen molar-refractivity contribution in [3.8, 4) is 11.6 Å². The molecule has 1 aromatic carbocycles. The van der Waals surface area contributed by atoms with E-state index < -0.39 is 0 Å². The Morgan fingerprint density at radius 1 is 1.19 bits per heavy atom. The van der Waals surface area contributed by atoms with Crippen molar-refractivity contribution in [2.24, 2.45) is 0 Å². The van der Waals surface area contributed by atoms with Crippen LogP contribution in [0.1, 0.15) is 5.56 Å². The molecular formula is C15H13BrN4O. The van der Waals surface area contributed by atoms with Gasteiger partial charge in [-0.15, -0.1) is 0 Å². The van der Waals surface area contributed by atoms with Crippen LogP contribution in [0.25, 0.3) is 5.82 Å². The predicted octanol–water partition coefficient (Wildman–Crippen LogP) is 3.35. The highest BCUT2D eigenvalue weighted by Gasteiger charge is 2.07.